The number of piperazine rings is 1. The van der Waals surface area contributed by atoms with Crippen LogP contribution in [0.2, 0.25) is 0 Å². The van der Waals surface area contributed by atoms with Crippen LogP contribution in [-0.4, -0.2) is 49.8 Å². The summed E-state index contributed by atoms with van der Waals surface area (Å²) < 4.78 is 40.8. The number of rotatable bonds is 6. The van der Waals surface area contributed by atoms with E-state index in [1.54, 1.807) is 12.1 Å². The lowest BCUT2D eigenvalue weighted by Crippen LogP contribution is -2.44. The number of hydrogen-bond donors (Lipinski definition) is 1. The lowest BCUT2D eigenvalue weighted by Gasteiger charge is -2.34. The number of nitrogens with zero attached hydrogens (tertiary/aromatic N) is 2. The van der Waals surface area contributed by atoms with Gasteiger partial charge in [-0.2, -0.15) is 13.2 Å². The molecule has 0 saturated carbocycles. The lowest BCUT2D eigenvalue weighted by molar-refractivity contribution is -0.136. The predicted molar refractivity (Wildman–Crippen MR) is 112 cm³/mol. The molecular weight excluding hydrogens is 415 g/mol. The molecule has 2 heterocycles. The first-order valence-corrected chi connectivity index (χ1v) is 10.5. The van der Waals surface area contributed by atoms with Crippen LogP contribution < -0.4 is 10.2 Å². The van der Waals surface area contributed by atoms with Crippen LogP contribution in [0.1, 0.15) is 33.0 Å². The maximum absolute atomic E-state index is 13.6. The predicted octanol–water partition coefficient (Wildman–Crippen LogP) is 4.43. The first-order chi connectivity index (χ1) is 14.1. The minimum absolute atomic E-state index is 0.0491. The van der Waals surface area contributed by atoms with Crippen molar-refractivity contribution in [3.05, 3.63) is 45.6 Å². The minimum Gasteiger partial charge on any atom is -0.369 e. The normalized spacial score (nSPS) is 15.3. The van der Waals surface area contributed by atoms with Crippen molar-refractivity contribution in [3.8, 4) is 0 Å². The number of ketones is 1. The average Bonchev–Trinajstić information content (AvgIpc) is 3.13. The van der Waals surface area contributed by atoms with Crippen molar-refractivity contribution in [3.63, 3.8) is 0 Å². The number of hydrogen-bond acceptors (Lipinski definition) is 5. The molecule has 1 aromatic carbocycles. The molecule has 5 nitrogen and oxygen atoms in total. The number of halogens is 3. The van der Waals surface area contributed by atoms with Gasteiger partial charge in [-0.3, -0.25) is 9.59 Å². The van der Waals surface area contributed by atoms with Gasteiger partial charge in [-0.25, -0.2) is 0 Å². The molecule has 0 atom stereocenters. The highest BCUT2D eigenvalue weighted by Gasteiger charge is 2.35. The molecule has 3 rings (SSSR count). The van der Waals surface area contributed by atoms with Crippen LogP contribution in [0.4, 0.5) is 24.5 Å². The van der Waals surface area contributed by atoms with Crippen molar-refractivity contribution in [2.24, 2.45) is 0 Å². The molecule has 162 valence electrons. The quantitative estimate of drug-likeness (QED) is 0.677. The topological polar surface area (TPSA) is 52.7 Å². The second-order valence-corrected chi connectivity index (χ2v) is 8.69. The summed E-state index contributed by atoms with van der Waals surface area (Å²) in [5.74, 6) is -0.806. The first-order valence-electron chi connectivity index (χ1n) is 9.67. The van der Waals surface area contributed by atoms with Gasteiger partial charge < -0.3 is 15.1 Å². The number of nitrogens with one attached hydrogen (secondary N) is 1. The number of benzene rings is 1. The van der Waals surface area contributed by atoms with Crippen LogP contribution in [0.5, 0.6) is 0 Å². The summed E-state index contributed by atoms with van der Waals surface area (Å²) >= 11 is 1.33. The number of carbonyl (C=O) groups excluding carboxylic acids is 2. The highest BCUT2D eigenvalue weighted by molar-refractivity contribution is 7.14. The van der Waals surface area contributed by atoms with E-state index in [1.807, 2.05) is 24.9 Å². The zero-order valence-corrected chi connectivity index (χ0v) is 17.7. The number of thiophene rings is 1. The molecule has 1 N–H and O–H groups in total. The summed E-state index contributed by atoms with van der Waals surface area (Å²) in [6.45, 7) is 4.71. The number of amides is 1. The number of likely N-dealkylation sites (N-methyl/N-ethyl adjacent to an activating group) is 1. The zero-order chi connectivity index (χ0) is 21.9. The van der Waals surface area contributed by atoms with Crippen LogP contribution in [0, 0.1) is 6.92 Å². The van der Waals surface area contributed by atoms with Crippen molar-refractivity contribution in [2.45, 2.75) is 25.9 Å². The number of Topliss-reactive ketones (excluding diaryl/α,β-unsaturated/α-hetero) is 1. The van der Waals surface area contributed by atoms with Gasteiger partial charge in [-0.15, -0.1) is 11.3 Å². The highest BCUT2D eigenvalue weighted by Crippen LogP contribution is 2.37. The fourth-order valence-corrected chi connectivity index (χ4v) is 4.12. The standard InChI is InChI=1S/C21H24F3N3O2S/c1-14-3-7-19(30-14)18(28)6-8-20(29)25-17-5-4-15(13-16(17)21(22,23)24)27-11-9-26(2)10-12-27/h3-5,7,13H,6,8-12H2,1-2H3,(H,25,29). The Morgan fingerprint density at radius 1 is 1.07 bits per heavy atom. The largest absolute Gasteiger partial charge is 0.418 e. The molecule has 2 aromatic rings. The van der Waals surface area contributed by atoms with Crippen molar-refractivity contribution in [1.82, 2.24) is 4.90 Å². The molecule has 0 unspecified atom stereocenters. The van der Waals surface area contributed by atoms with E-state index in [4.69, 9.17) is 0 Å². The molecule has 0 aliphatic carbocycles. The highest BCUT2D eigenvalue weighted by atomic mass is 32.1. The van der Waals surface area contributed by atoms with Crippen LogP contribution in [0.25, 0.3) is 0 Å². The SMILES string of the molecule is Cc1ccc(C(=O)CCC(=O)Nc2ccc(N3CCN(C)CC3)cc2C(F)(F)F)s1. The van der Waals surface area contributed by atoms with Gasteiger partial charge in [0.15, 0.2) is 5.78 Å². The maximum Gasteiger partial charge on any atom is 0.418 e. The molecule has 1 saturated heterocycles. The first kappa shape index (κ1) is 22.3. The summed E-state index contributed by atoms with van der Waals surface area (Å²) in [7, 11) is 1.97. The van der Waals surface area contributed by atoms with Gasteiger partial charge in [0.25, 0.3) is 0 Å². The number of carbonyl (C=O) groups is 2. The Morgan fingerprint density at radius 2 is 1.77 bits per heavy atom. The third-order valence-corrected chi connectivity index (χ3v) is 6.09. The minimum atomic E-state index is -4.60. The molecule has 1 amide bonds. The van der Waals surface area contributed by atoms with Crippen molar-refractivity contribution in [2.75, 3.05) is 43.4 Å². The smallest absolute Gasteiger partial charge is 0.369 e. The van der Waals surface area contributed by atoms with Gasteiger partial charge in [-0.05, 0) is 44.3 Å². The van der Waals surface area contributed by atoms with E-state index in [-0.39, 0.29) is 24.3 Å². The van der Waals surface area contributed by atoms with Gasteiger partial charge in [0.05, 0.1) is 16.1 Å². The Bertz CT molecular complexity index is 918. The number of anilines is 2. The van der Waals surface area contributed by atoms with E-state index < -0.39 is 17.6 Å². The summed E-state index contributed by atoms with van der Waals surface area (Å²) in [5.41, 5.74) is -0.686. The van der Waals surface area contributed by atoms with Crippen LogP contribution in [0.3, 0.4) is 0 Å². The summed E-state index contributed by atoms with van der Waals surface area (Å²) in [6, 6.07) is 7.48. The van der Waals surface area contributed by atoms with Gasteiger partial charge in [0, 0.05) is 49.6 Å². The van der Waals surface area contributed by atoms with E-state index in [2.05, 4.69) is 10.2 Å². The van der Waals surface area contributed by atoms with Crippen molar-refractivity contribution >= 4 is 34.4 Å². The van der Waals surface area contributed by atoms with Crippen LogP contribution in [0.15, 0.2) is 30.3 Å². The lowest BCUT2D eigenvalue weighted by atomic mass is 10.1. The second kappa shape index (κ2) is 9.18. The van der Waals surface area contributed by atoms with Crippen LogP contribution >= 0.6 is 11.3 Å². The molecule has 1 aliphatic heterocycles. The fourth-order valence-electron chi connectivity index (χ4n) is 3.28. The van der Waals surface area contributed by atoms with Gasteiger partial charge in [-0.1, -0.05) is 0 Å². The molecule has 1 aromatic heterocycles. The Hall–Kier alpha value is -2.39. The molecule has 0 radical (unpaired) electrons. The van der Waals surface area contributed by atoms with E-state index in [0.717, 1.165) is 24.0 Å². The van der Waals surface area contributed by atoms with Crippen LogP contribution in [-0.2, 0) is 11.0 Å². The van der Waals surface area contributed by atoms with Gasteiger partial charge in [0.2, 0.25) is 5.91 Å². The molecule has 1 fully saturated rings. The summed E-state index contributed by atoms with van der Waals surface area (Å²) in [4.78, 5) is 29.9. The third-order valence-electron chi connectivity index (χ3n) is 5.05. The molecule has 9 heteroatoms. The summed E-state index contributed by atoms with van der Waals surface area (Å²) in [6.07, 6.45) is -4.82. The van der Waals surface area contributed by atoms with E-state index in [1.165, 1.54) is 17.4 Å². The van der Waals surface area contributed by atoms with Gasteiger partial charge >= 0.3 is 6.18 Å². The zero-order valence-electron chi connectivity index (χ0n) is 16.9. The molecule has 0 bridgehead atoms. The Morgan fingerprint density at radius 3 is 2.37 bits per heavy atom. The number of alkyl halides is 3. The molecular formula is C21H24F3N3O2S. The van der Waals surface area contributed by atoms with Crippen molar-refractivity contribution < 1.29 is 22.8 Å². The average molecular weight is 440 g/mol. The third kappa shape index (κ3) is 5.60. The van der Waals surface area contributed by atoms with E-state index >= 15 is 0 Å². The Kier molecular flexibility index (Phi) is 6.82. The monoisotopic (exact) mass is 439 g/mol. The van der Waals surface area contributed by atoms with Gasteiger partial charge in [0.1, 0.15) is 0 Å². The maximum atomic E-state index is 13.6. The Balaban J connectivity index is 1.68. The molecule has 1 aliphatic rings. The Labute approximate surface area is 177 Å². The van der Waals surface area contributed by atoms with Crippen molar-refractivity contribution in [1.29, 1.82) is 0 Å². The number of aryl methyl sites for hydroxylation is 1. The second-order valence-electron chi connectivity index (χ2n) is 7.40. The summed E-state index contributed by atoms with van der Waals surface area (Å²) in [5, 5.41) is 2.33. The van der Waals surface area contributed by atoms with E-state index in [9.17, 15) is 22.8 Å². The molecule has 30 heavy (non-hydrogen) atoms. The molecule has 0 spiro atoms. The van der Waals surface area contributed by atoms with E-state index in [0.29, 0.717) is 23.7 Å². The fraction of sp³-hybridized carbons (Fsp3) is 0.429.